The molecule has 1 heterocycles. The summed E-state index contributed by atoms with van der Waals surface area (Å²) >= 11 is 0. The molecule has 0 bridgehead atoms. The van der Waals surface area contributed by atoms with Crippen LogP contribution in [0.3, 0.4) is 0 Å². The fraction of sp³-hybridized carbons (Fsp3) is 0.273. The van der Waals surface area contributed by atoms with Crippen molar-refractivity contribution in [2.45, 2.75) is 13.0 Å². The normalized spacial score (nSPS) is 13.3. The van der Waals surface area contributed by atoms with Gasteiger partial charge in [-0.15, -0.1) is 0 Å². The van der Waals surface area contributed by atoms with Gasteiger partial charge in [0.05, 0.1) is 6.10 Å². The summed E-state index contributed by atoms with van der Waals surface area (Å²) in [6, 6.07) is 7.92. The van der Waals surface area contributed by atoms with Crippen molar-refractivity contribution >= 4 is 10.9 Å². The van der Waals surface area contributed by atoms with E-state index in [1.165, 1.54) is 0 Å². The molecule has 2 rings (SSSR count). The smallest absolute Gasteiger partial charge is 0.0951 e. The van der Waals surface area contributed by atoms with E-state index < -0.39 is 6.10 Å². The number of fused-ring (bicyclic) bond motifs is 1. The molecule has 5 N–H and O–H groups in total. The van der Waals surface area contributed by atoms with Crippen molar-refractivity contribution in [2.75, 3.05) is 6.54 Å². The van der Waals surface area contributed by atoms with E-state index in [-0.39, 0.29) is 0 Å². The molecular weight excluding hydrogens is 190 g/mol. The number of aliphatic hydroxyl groups excluding tert-OH is 1. The van der Waals surface area contributed by atoms with Crippen molar-refractivity contribution < 1.29 is 5.11 Å². The van der Waals surface area contributed by atoms with Crippen LogP contribution < -0.4 is 11.3 Å². The number of hydrogen-bond acceptors (Lipinski definition) is 3. The minimum absolute atomic E-state index is 0.350. The first kappa shape index (κ1) is 10.2. The zero-order chi connectivity index (χ0) is 10.8. The first-order valence-electron chi connectivity index (χ1n) is 4.92. The molecule has 0 aliphatic heterocycles. The molecule has 1 aromatic carbocycles. The summed E-state index contributed by atoms with van der Waals surface area (Å²) in [7, 11) is 0. The van der Waals surface area contributed by atoms with Gasteiger partial charge in [0.1, 0.15) is 0 Å². The summed E-state index contributed by atoms with van der Waals surface area (Å²) in [6.07, 6.45) is -0.578. The lowest BCUT2D eigenvalue weighted by Crippen LogP contribution is -2.27. The Balaban J connectivity index is 2.53. The summed E-state index contributed by atoms with van der Waals surface area (Å²) < 4.78 is 0. The van der Waals surface area contributed by atoms with E-state index in [1.54, 1.807) is 0 Å². The Labute approximate surface area is 88.1 Å². The maximum Gasteiger partial charge on any atom is 0.0951 e. The highest BCUT2D eigenvalue weighted by molar-refractivity contribution is 5.84. The highest BCUT2D eigenvalue weighted by Gasteiger charge is 2.15. The molecule has 0 radical (unpaired) electrons. The average molecular weight is 205 g/mol. The maximum absolute atomic E-state index is 9.93. The van der Waals surface area contributed by atoms with Crippen molar-refractivity contribution in [3.8, 4) is 0 Å². The molecule has 0 saturated heterocycles. The molecule has 4 nitrogen and oxygen atoms in total. The standard InChI is InChI=1S/C11H15N3O/c1-7-11(10(15)6-13-12)8-4-2-3-5-9(8)14-7/h2-5,10,13-15H,6,12H2,1H3. The van der Waals surface area contributed by atoms with Gasteiger partial charge in [-0.1, -0.05) is 18.2 Å². The number of hydrogen-bond donors (Lipinski definition) is 4. The lowest BCUT2D eigenvalue weighted by Gasteiger charge is -2.09. The van der Waals surface area contributed by atoms with E-state index in [0.717, 1.165) is 22.2 Å². The molecule has 0 aliphatic rings. The molecule has 0 fully saturated rings. The summed E-state index contributed by atoms with van der Waals surface area (Å²) in [4.78, 5) is 3.24. The van der Waals surface area contributed by atoms with Gasteiger partial charge in [0.2, 0.25) is 0 Å². The van der Waals surface area contributed by atoms with Crippen LogP contribution in [0.4, 0.5) is 0 Å². The molecule has 1 atom stereocenters. The molecule has 4 heteroatoms. The lowest BCUT2D eigenvalue weighted by molar-refractivity contribution is 0.176. The first-order chi connectivity index (χ1) is 7.24. The van der Waals surface area contributed by atoms with E-state index >= 15 is 0 Å². The second kappa shape index (κ2) is 4.02. The predicted octanol–water partition coefficient (Wildman–Crippen LogP) is 0.973. The van der Waals surface area contributed by atoms with E-state index in [1.807, 2.05) is 31.2 Å². The van der Waals surface area contributed by atoms with Crippen LogP contribution in [-0.2, 0) is 0 Å². The molecule has 0 aliphatic carbocycles. The number of H-pyrrole nitrogens is 1. The van der Waals surface area contributed by atoms with Gasteiger partial charge >= 0.3 is 0 Å². The van der Waals surface area contributed by atoms with Gasteiger partial charge in [0.25, 0.3) is 0 Å². The number of nitrogens with two attached hydrogens (primary N) is 1. The third-order valence-electron chi connectivity index (χ3n) is 2.59. The average Bonchev–Trinajstić information content (AvgIpc) is 2.54. The third-order valence-corrected chi connectivity index (χ3v) is 2.59. The summed E-state index contributed by atoms with van der Waals surface area (Å²) in [5, 5.41) is 11.0. The van der Waals surface area contributed by atoms with E-state index in [9.17, 15) is 5.11 Å². The Morgan fingerprint density at radius 3 is 2.93 bits per heavy atom. The molecule has 1 aromatic heterocycles. The number of nitrogens with one attached hydrogen (secondary N) is 2. The molecule has 0 saturated carbocycles. The van der Waals surface area contributed by atoms with Gasteiger partial charge < -0.3 is 10.1 Å². The number of hydrazine groups is 1. The number of aliphatic hydroxyl groups is 1. The van der Waals surface area contributed by atoms with Crippen molar-refractivity contribution in [2.24, 2.45) is 5.84 Å². The second-order valence-electron chi connectivity index (χ2n) is 3.63. The number of aryl methyl sites for hydroxylation is 1. The topological polar surface area (TPSA) is 74.1 Å². The number of aromatic nitrogens is 1. The van der Waals surface area contributed by atoms with Gasteiger partial charge in [-0.05, 0) is 13.0 Å². The zero-order valence-electron chi connectivity index (χ0n) is 8.62. The van der Waals surface area contributed by atoms with Crippen LogP contribution in [-0.4, -0.2) is 16.6 Å². The Bertz CT molecular complexity index is 464. The SMILES string of the molecule is Cc1[nH]c2ccccc2c1C(O)CNN. The van der Waals surface area contributed by atoms with Crippen molar-refractivity contribution in [1.82, 2.24) is 10.4 Å². The van der Waals surface area contributed by atoms with Crippen LogP contribution in [0.15, 0.2) is 24.3 Å². The number of rotatable bonds is 3. The van der Waals surface area contributed by atoms with Crippen molar-refractivity contribution in [3.05, 3.63) is 35.5 Å². The van der Waals surface area contributed by atoms with Gasteiger partial charge in [-0.2, -0.15) is 0 Å². The quantitative estimate of drug-likeness (QED) is 0.445. The number of para-hydroxylation sites is 1. The molecule has 80 valence electrons. The van der Waals surface area contributed by atoms with Crippen LogP contribution in [0.5, 0.6) is 0 Å². The van der Waals surface area contributed by atoms with E-state index in [4.69, 9.17) is 5.84 Å². The summed E-state index contributed by atoms with van der Waals surface area (Å²) in [6.45, 7) is 2.30. The van der Waals surface area contributed by atoms with Gasteiger partial charge in [0.15, 0.2) is 0 Å². The molecule has 0 spiro atoms. The second-order valence-corrected chi connectivity index (χ2v) is 3.63. The highest BCUT2D eigenvalue weighted by Crippen LogP contribution is 2.27. The first-order valence-corrected chi connectivity index (χ1v) is 4.92. The highest BCUT2D eigenvalue weighted by atomic mass is 16.3. The fourth-order valence-electron chi connectivity index (χ4n) is 1.94. The van der Waals surface area contributed by atoms with Gasteiger partial charge in [0, 0.05) is 28.7 Å². The Hall–Kier alpha value is -1.36. The van der Waals surface area contributed by atoms with Crippen LogP contribution in [0.2, 0.25) is 0 Å². The number of aromatic amines is 1. The van der Waals surface area contributed by atoms with Crippen molar-refractivity contribution in [3.63, 3.8) is 0 Å². The molecular formula is C11H15N3O. The van der Waals surface area contributed by atoms with Crippen LogP contribution in [0.1, 0.15) is 17.4 Å². The minimum atomic E-state index is -0.578. The fourth-order valence-corrected chi connectivity index (χ4v) is 1.94. The molecule has 0 amide bonds. The van der Waals surface area contributed by atoms with Gasteiger partial charge in [-0.3, -0.25) is 11.3 Å². The van der Waals surface area contributed by atoms with E-state index in [0.29, 0.717) is 6.54 Å². The molecule has 1 unspecified atom stereocenters. The zero-order valence-corrected chi connectivity index (χ0v) is 8.62. The number of benzene rings is 1. The van der Waals surface area contributed by atoms with Crippen LogP contribution in [0, 0.1) is 6.92 Å². The van der Waals surface area contributed by atoms with Crippen LogP contribution >= 0.6 is 0 Å². The lowest BCUT2D eigenvalue weighted by atomic mass is 10.1. The van der Waals surface area contributed by atoms with Crippen molar-refractivity contribution in [1.29, 1.82) is 0 Å². The Kier molecular flexibility index (Phi) is 2.73. The Morgan fingerprint density at radius 1 is 1.47 bits per heavy atom. The van der Waals surface area contributed by atoms with Gasteiger partial charge in [-0.25, -0.2) is 0 Å². The summed E-state index contributed by atoms with van der Waals surface area (Å²) in [5.74, 6) is 5.21. The third kappa shape index (κ3) is 1.74. The predicted molar refractivity (Wildman–Crippen MR) is 60.2 cm³/mol. The Morgan fingerprint density at radius 2 is 2.20 bits per heavy atom. The minimum Gasteiger partial charge on any atom is -0.387 e. The largest absolute Gasteiger partial charge is 0.387 e. The monoisotopic (exact) mass is 205 g/mol. The van der Waals surface area contributed by atoms with Crippen LogP contribution in [0.25, 0.3) is 10.9 Å². The molecule has 15 heavy (non-hydrogen) atoms. The maximum atomic E-state index is 9.93. The van der Waals surface area contributed by atoms with E-state index in [2.05, 4.69) is 10.4 Å². The molecule has 2 aromatic rings. The summed E-state index contributed by atoms with van der Waals surface area (Å²) in [5.41, 5.74) is 5.43.